The topological polar surface area (TPSA) is 248 Å². The Hall–Kier alpha value is -3.95. The van der Waals surface area contributed by atoms with Crippen molar-refractivity contribution in [2.75, 3.05) is 32.7 Å². The molecule has 16 nitrogen and oxygen atoms in total. The SMILES string of the molecule is CC(C)C[C@H](NC(=O)CNC(=O)[C@@H]1CCCN1)C(=O)N[C@@H](CCCNC(=N)N)C(=O)NCC(=O)N1CCC[C@H]1C(=O)O. The van der Waals surface area contributed by atoms with E-state index in [1.54, 1.807) is 0 Å². The summed E-state index contributed by atoms with van der Waals surface area (Å²) < 4.78 is 0. The van der Waals surface area contributed by atoms with Gasteiger partial charge in [-0.3, -0.25) is 29.4 Å². The van der Waals surface area contributed by atoms with Gasteiger partial charge >= 0.3 is 5.97 Å². The lowest BCUT2D eigenvalue weighted by Gasteiger charge is -2.25. The first-order chi connectivity index (χ1) is 19.9. The fraction of sp³-hybridized carbons (Fsp3) is 0.731. The van der Waals surface area contributed by atoms with Crippen LogP contribution in [0.25, 0.3) is 0 Å². The van der Waals surface area contributed by atoms with Gasteiger partial charge in [0.1, 0.15) is 18.1 Å². The second-order valence-electron chi connectivity index (χ2n) is 11.0. The molecule has 0 aromatic carbocycles. The molecule has 0 unspecified atom stereocenters. The maximum atomic E-state index is 13.3. The Labute approximate surface area is 245 Å². The van der Waals surface area contributed by atoms with E-state index in [1.807, 2.05) is 13.8 Å². The molecule has 0 bridgehead atoms. The van der Waals surface area contributed by atoms with Crippen LogP contribution in [0.2, 0.25) is 0 Å². The number of nitrogens with zero attached hydrogens (tertiary/aromatic N) is 1. The van der Waals surface area contributed by atoms with Gasteiger partial charge in [-0.05, 0) is 57.4 Å². The number of likely N-dealkylation sites (tertiary alicyclic amines) is 1. The summed E-state index contributed by atoms with van der Waals surface area (Å²) in [5, 5.41) is 32.6. The minimum absolute atomic E-state index is 0.00522. The average Bonchev–Trinajstić information content (AvgIpc) is 3.64. The normalized spacial score (nSPS) is 19.5. The molecule has 42 heavy (non-hydrogen) atoms. The number of nitrogens with one attached hydrogen (secondary N) is 7. The van der Waals surface area contributed by atoms with Crippen LogP contribution in [0.15, 0.2) is 0 Å². The molecule has 2 aliphatic heterocycles. The number of hydrogen-bond acceptors (Lipinski definition) is 8. The molecule has 2 fully saturated rings. The summed E-state index contributed by atoms with van der Waals surface area (Å²) >= 11 is 0. The second kappa shape index (κ2) is 17.1. The van der Waals surface area contributed by atoms with Gasteiger partial charge in [0.25, 0.3) is 0 Å². The van der Waals surface area contributed by atoms with Crippen LogP contribution in [-0.2, 0) is 28.8 Å². The van der Waals surface area contributed by atoms with Crippen LogP contribution in [0.3, 0.4) is 0 Å². The Bertz CT molecular complexity index is 1000. The molecule has 16 heteroatoms. The zero-order valence-electron chi connectivity index (χ0n) is 24.3. The summed E-state index contributed by atoms with van der Waals surface area (Å²) in [6, 6.07) is -3.38. The van der Waals surface area contributed by atoms with Crippen molar-refractivity contribution in [1.82, 2.24) is 36.8 Å². The number of guanidine groups is 1. The van der Waals surface area contributed by atoms with Crippen LogP contribution in [0, 0.1) is 11.3 Å². The number of amides is 5. The van der Waals surface area contributed by atoms with E-state index in [9.17, 15) is 33.9 Å². The molecule has 0 spiro atoms. The molecule has 0 radical (unpaired) electrons. The number of carbonyl (C=O) groups is 6. The zero-order valence-corrected chi connectivity index (χ0v) is 24.3. The van der Waals surface area contributed by atoms with Crippen molar-refractivity contribution in [3.63, 3.8) is 0 Å². The summed E-state index contributed by atoms with van der Waals surface area (Å²) in [5.41, 5.74) is 5.30. The van der Waals surface area contributed by atoms with Crippen molar-refractivity contribution < 1.29 is 33.9 Å². The molecule has 0 aromatic heterocycles. The molecule has 2 rings (SSSR count). The minimum atomic E-state index is -1.11. The van der Waals surface area contributed by atoms with Gasteiger partial charge in [-0.25, -0.2) is 4.79 Å². The molecule has 10 N–H and O–H groups in total. The quantitative estimate of drug-likeness (QED) is 0.0508. The monoisotopic (exact) mass is 595 g/mol. The van der Waals surface area contributed by atoms with Crippen molar-refractivity contribution in [2.45, 2.75) is 83.0 Å². The van der Waals surface area contributed by atoms with E-state index in [0.717, 1.165) is 13.0 Å². The van der Waals surface area contributed by atoms with Gasteiger partial charge in [0, 0.05) is 13.1 Å². The third-order valence-corrected chi connectivity index (χ3v) is 7.05. The number of carboxylic acid groups (broad SMARTS) is 1. The molecule has 2 saturated heterocycles. The molecule has 2 aliphatic rings. The predicted octanol–water partition coefficient (Wildman–Crippen LogP) is -2.67. The summed E-state index contributed by atoms with van der Waals surface area (Å²) in [6.07, 6.45) is 3.15. The maximum absolute atomic E-state index is 13.3. The van der Waals surface area contributed by atoms with Crippen LogP contribution in [0.4, 0.5) is 0 Å². The number of nitrogens with two attached hydrogens (primary N) is 1. The smallest absolute Gasteiger partial charge is 0.326 e. The lowest BCUT2D eigenvalue weighted by atomic mass is 10.0. The highest BCUT2D eigenvalue weighted by Crippen LogP contribution is 2.17. The third-order valence-electron chi connectivity index (χ3n) is 7.05. The van der Waals surface area contributed by atoms with Crippen molar-refractivity contribution in [2.24, 2.45) is 11.7 Å². The summed E-state index contributed by atoms with van der Waals surface area (Å²) in [6.45, 7) is 4.24. The summed E-state index contributed by atoms with van der Waals surface area (Å²) in [4.78, 5) is 76.4. The highest BCUT2D eigenvalue weighted by atomic mass is 16.4. The van der Waals surface area contributed by atoms with Crippen LogP contribution < -0.4 is 37.6 Å². The third kappa shape index (κ3) is 11.5. The van der Waals surface area contributed by atoms with Crippen LogP contribution in [0.1, 0.15) is 58.8 Å². The van der Waals surface area contributed by atoms with Gasteiger partial charge in [-0.15, -0.1) is 0 Å². The van der Waals surface area contributed by atoms with Crippen molar-refractivity contribution in [3.8, 4) is 0 Å². The first-order valence-electron chi connectivity index (χ1n) is 14.4. The van der Waals surface area contributed by atoms with Gasteiger partial charge < -0.3 is 47.6 Å². The van der Waals surface area contributed by atoms with Gasteiger partial charge in [0.2, 0.25) is 29.5 Å². The molecule has 4 atom stereocenters. The van der Waals surface area contributed by atoms with Gasteiger partial charge in [-0.1, -0.05) is 13.8 Å². The van der Waals surface area contributed by atoms with Crippen LogP contribution in [-0.4, -0.2) is 108 Å². The maximum Gasteiger partial charge on any atom is 0.326 e. The largest absolute Gasteiger partial charge is 0.480 e. The molecule has 2 heterocycles. The van der Waals surface area contributed by atoms with E-state index in [0.29, 0.717) is 25.7 Å². The molecule has 5 amide bonds. The van der Waals surface area contributed by atoms with E-state index >= 15 is 0 Å². The Balaban J connectivity index is 2.01. The van der Waals surface area contributed by atoms with E-state index in [-0.39, 0.29) is 56.3 Å². The molecule has 0 aliphatic carbocycles. The molecule has 0 saturated carbocycles. The molecular formula is C26H45N9O7. The van der Waals surface area contributed by atoms with E-state index in [1.165, 1.54) is 4.90 Å². The fourth-order valence-electron chi connectivity index (χ4n) is 4.93. The highest BCUT2D eigenvalue weighted by molar-refractivity contribution is 5.95. The summed E-state index contributed by atoms with van der Waals surface area (Å²) in [5.74, 6) is -4.02. The van der Waals surface area contributed by atoms with Crippen molar-refractivity contribution in [1.29, 1.82) is 5.41 Å². The van der Waals surface area contributed by atoms with E-state index in [4.69, 9.17) is 11.1 Å². The van der Waals surface area contributed by atoms with Gasteiger partial charge in [0.15, 0.2) is 5.96 Å². The van der Waals surface area contributed by atoms with E-state index in [2.05, 4.69) is 31.9 Å². The summed E-state index contributed by atoms with van der Waals surface area (Å²) in [7, 11) is 0. The Morgan fingerprint density at radius 3 is 2.33 bits per heavy atom. The standard InChI is InChI=1S/C26H45N9O7/c1-15(2)12-18(33-20(36)13-31-22(38)16-6-3-9-29-16)24(40)34-17(7-4-10-30-26(27)28)23(39)32-14-21(37)35-11-5-8-19(35)25(41)42/h15-19,29H,3-14H2,1-2H3,(H,31,38)(H,32,39)(H,33,36)(H,34,40)(H,41,42)(H4,27,28,30)/t16-,17-,18-,19-/m0/s1. The molecule has 236 valence electrons. The highest BCUT2D eigenvalue weighted by Gasteiger charge is 2.34. The minimum Gasteiger partial charge on any atom is -0.480 e. The number of hydrogen-bond donors (Lipinski definition) is 9. The molecule has 0 aromatic rings. The van der Waals surface area contributed by atoms with Crippen molar-refractivity contribution in [3.05, 3.63) is 0 Å². The average molecular weight is 596 g/mol. The first kappa shape index (κ1) is 34.3. The van der Waals surface area contributed by atoms with Crippen LogP contribution in [0.5, 0.6) is 0 Å². The van der Waals surface area contributed by atoms with Crippen LogP contribution >= 0.6 is 0 Å². The van der Waals surface area contributed by atoms with E-state index < -0.39 is 54.3 Å². The van der Waals surface area contributed by atoms with Crippen molar-refractivity contribution >= 4 is 41.5 Å². The Morgan fingerprint density at radius 1 is 0.976 bits per heavy atom. The molecular weight excluding hydrogens is 550 g/mol. The van der Waals surface area contributed by atoms with Gasteiger partial charge in [-0.2, -0.15) is 0 Å². The lowest BCUT2D eigenvalue weighted by Crippen LogP contribution is -2.56. The number of carbonyl (C=O) groups excluding carboxylic acids is 5. The first-order valence-corrected chi connectivity index (χ1v) is 14.4. The number of aliphatic carboxylic acids is 1. The fourth-order valence-corrected chi connectivity index (χ4v) is 4.93. The lowest BCUT2D eigenvalue weighted by molar-refractivity contribution is -0.148. The second-order valence-corrected chi connectivity index (χ2v) is 11.0. The van der Waals surface area contributed by atoms with Gasteiger partial charge in [0.05, 0.1) is 19.1 Å². The number of rotatable bonds is 16. The number of carboxylic acids is 1. The Morgan fingerprint density at radius 2 is 1.71 bits per heavy atom. The predicted molar refractivity (Wildman–Crippen MR) is 152 cm³/mol. The zero-order chi connectivity index (χ0) is 31.2. The Kier molecular flexibility index (Phi) is 14.0.